The largest absolute Gasteiger partial charge is 0.370 e. The minimum absolute atomic E-state index is 0.620. The van der Waals surface area contributed by atoms with Crippen LogP contribution in [-0.4, -0.2) is 35.2 Å². The number of hydrogen-bond donors (Lipinski definition) is 1. The SMILES string of the molecule is Cc1nccn1CCCNC1CCN(c2ccccc2)C1. The summed E-state index contributed by atoms with van der Waals surface area (Å²) in [5, 5.41) is 3.69. The fraction of sp³-hybridized carbons (Fsp3) is 0.471. The molecular formula is C17H24N4. The molecule has 1 fully saturated rings. The van der Waals surface area contributed by atoms with Crippen molar-refractivity contribution in [3.05, 3.63) is 48.5 Å². The molecule has 1 unspecified atom stereocenters. The van der Waals surface area contributed by atoms with Gasteiger partial charge < -0.3 is 14.8 Å². The summed E-state index contributed by atoms with van der Waals surface area (Å²) in [5.74, 6) is 1.10. The summed E-state index contributed by atoms with van der Waals surface area (Å²) in [4.78, 5) is 6.72. The van der Waals surface area contributed by atoms with Crippen molar-refractivity contribution in [1.29, 1.82) is 0 Å². The van der Waals surface area contributed by atoms with Crippen LogP contribution in [0, 0.1) is 6.92 Å². The second kappa shape index (κ2) is 6.76. The molecule has 0 amide bonds. The molecule has 21 heavy (non-hydrogen) atoms. The Morgan fingerprint density at radius 2 is 2.14 bits per heavy atom. The van der Waals surface area contributed by atoms with Crippen molar-refractivity contribution in [3.63, 3.8) is 0 Å². The van der Waals surface area contributed by atoms with Crippen LogP contribution in [0.5, 0.6) is 0 Å². The molecule has 0 bridgehead atoms. The number of para-hydroxylation sites is 1. The number of nitrogens with one attached hydrogen (secondary N) is 1. The van der Waals surface area contributed by atoms with Gasteiger partial charge in [-0.2, -0.15) is 0 Å². The van der Waals surface area contributed by atoms with Gasteiger partial charge >= 0.3 is 0 Å². The predicted molar refractivity (Wildman–Crippen MR) is 86.6 cm³/mol. The van der Waals surface area contributed by atoms with Crippen LogP contribution in [0.2, 0.25) is 0 Å². The molecule has 1 aromatic heterocycles. The number of anilines is 1. The summed E-state index contributed by atoms with van der Waals surface area (Å²) in [7, 11) is 0. The van der Waals surface area contributed by atoms with E-state index in [-0.39, 0.29) is 0 Å². The predicted octanol–water partition coefficient (Wildman–Crippen LogP) is 2.45. The van der Waals surface area contributed by atoms with E-state index in [1.165, 1.54) is 12.1 Å². The molecule has 2 aromatic rings. The average Bonchev–Trinajstić information content (AvgIpc) is 3.14. The van der Waals surface area contributed by atoms with Crippen LogP contribution in [0.1, 0.15) is 18.7 Å². The lowest BCUT2D eigenvalue weighted by Gasteiger charge is -2.19. The molecule has 0 radical (unpaired) electrons. The highest BCUT2D eigenvalue weighted by Gasteiger charge is 2.21. The summed E-state index contributed by atoms with van der Waals surface area (Å²) in [5.41, 5.74) is 1.34. The van der Waals surface area contributed by atoms with Crippen LogP contribution in [0.25, 0.3) is 0 Å². The minimum atomic E-state index is 0.620. The molecule has 0 saturated carbocycles. The van der Waals surface area contributed by atoms with Crippen LogP contribution < -0.4 is 10.2 Å². The average molecular weight is 284 g/mol. The second-order valence-electron chi connectivity index (χ2n) is 5.74. The highest BCUT2D eigenvalue weighted by molar-refractivity contribution is 5.47. The van der Waals surface area contributed by atoms with Gasteiger partial charge in [-0.25, -0.2) is 4.98 Å². The Morgan fingerprint density at radius 1 is 1.29 bits per heavy atom. The van der Waals surface area contributed by atoms with Gasteiger partial charge in [0, 0.05) is 43.8 Å². The fourth-order valence-electron chi connectivity index (χ4n) is 3.00. The standard InChI is InChI=1S/C17H24N4/c1-15-18-10-13-20(15)11-5-9-19-16-8-12-21(14-16)17-6-3-2-4-7-17/h2-4,6-7,10,13,16,19H,5,8-9,11-12,14H2,1H3. The van der Waals surface area contributed by atoms with Crippen molar-refractivity contribution in [3.8, 4) is 0 Å². The molecule has 0 spiro atoms. The van der Waals surface area contributed by atoms with Crippen molar-refractivity contribution in [2.75, 3.05) is 24.5 Å². The molecule has 4 heteroatoms. The first-order valence-corrected chi connectivity index (χ1v) is 7.84. The number of benzene rings is 1. The van der Waals surface area contributed by atoms with E-state index in [1.54, 1.807) is 0 Å². The van der Waals surface area contributed by atoms with Crippen LogP contribution in [0.15, 0.2) is 42.7 Å². The zero-order chi connectivity index (χ0) is 14.5. The van der Waals surface area contributed by atoms with Gasteiger partial charge in [0.05, 0.1) is 0 Å². The van der Waals surface area contributed by atoms with E-state index in [0.29, 0.717) is 6.04 Å². The van der Waals surface area contributed by atoms with E-state index in [1.807, 2.05) is 6.20 Å². The number of imidazole rings is 1. The number of hydrogen-bond acceptors (Lipinski definition) is 3. The lowest BCUT2D eigenvalue weighted by Crippen LogP contribution is -2.33. The Kier molecular flexibility index (Phi) is 4.55. The van der Waals surface area contributed by atoms with Crippen molar-refractivity contribution >= 4 is 5.69 Å². The van der Waals surface area contributed by atoms with E-state index in [2.05, 4.69) is 63.2 Å². The molecule has 112 valence electrons. The molecule has 1 N–H and O–H groups in total. The second-order valence-corrected chi connectivity index (χ2v) is 5.74. The summed E-state index contributed by atoms with van der Waals surface area (Å²) < 4.78 is 2.21. The van der Waals surface area contributed by atoms with E-state index < -0.39 is 0 Å². The van der Waals surface area contributed by atoms with E-state index >= 15 is 0 Å². The van der Waals surface area contributed by atoms with E-state index in [4.69, 9.17) is 0 Å². The van der Waals surface area contributed by atoms with Crippen molar-refractivity contribution < 1.29 is 0 Å². The number of rotatable bonds is 6. The summed E-state index contributed by atoms with van der Waals surface area (Å²) >= 11 is 0. The maximum Gasteiger partial charge on any atom is 0.105 e. The first-order valence-electron chi connectivity index (χ1n) is 7.84. The highest BCUT2D eigenvalue weighted by Crippen LogP contribution is 2.19. The monoisotopic (exact) mass is 284 g/mol. The third-order valence-electron chi connectivity index (χ3n) is 4.24. The Labute approximate surface area is 126 Å². The summed E-state index contributed by atoms with van der Waals surface area (Å²) in [6.07, 6.45) is 6.32. The summed E-state index contributed by atoms with van der Waals surface area (Å²) in [6.45, 7) is 6.46. The lowest BCUT2D eigenvalue weighted by molar-refractivity contribution is 0.511. The van der Waals surface area contributed by atoms with Crippen LogP contribution in [0.3, 0.4) is 0 Å². The first-order chi connectivity index (χ1) is 10.3. The molecule has 1 aromatic carbocycles. The van der Waals surface area contributed by atoms with E-state index in [0.717, 1.165) is 38.4 Å². The summed E-state index contributed by atoms with van der Waals surface area (Å²) in [6, 6.07) is 11.3. The molecule has 3 rings (SSSR count). The highest BCUT2D eigenvalue weighted by atomic mass is 15.2. The van der Waals surface area contributed by atoms with Gasteiger partial charge in [0.1, 0.15) is 5.82 Å². The zero-order valence-corrected chi connectivity index (χ0v) is 12.7. The molecule has 1 aliphatic rings. The van der Waals surface area contributed by atoms with Gasteiger partial charge in [-0.05, 0) is 38.4 Å². The van der Waals surface area contributed by atoms with Gasteiger partial charge in [0.25, 0.3) is 0 Å². The zero-order valence-electron chi connectivity index (χ0n) is 12.7. The molecule has 0 aliphatic carbocycles. The molecular weight excluding hydrogens is 260 g/mol. The molecule has 1 saturated heterocycles. The quantitative estimate of drug-likeness (QED) is 0.827. The number of aryl methyl sites for hydroxylation is 2. The van der Waals surface area contributed by atoms with Crippen LogP contribution >= 0.6 is 0 Å². The van der Waals surface area contributed by atoms with Crippen molar-refractivity contribution in [2.24, 2.45) is 0 Å². The third-order valence-corrected chi connectivity index (χ3v) is 4.24. The molecule has 1 aliphatic heterocycles. The molecule has 4 nitrogen and oxygen atoms in total. The minimum Gasteiger partial charge on any atom is -0.370 e. The van der Waals surface area contributed by atoms with Crippen LogP contribution in [0.4, 0.5) is 5.69 Å². The van der Waals surface area contributed by atoms with E-state index in [9.17, 15) is 0 Å². The maximum atomic E-state index is 4.25. The van der Waals surface area contributed by atoms with Crippen LogP contribution in [-0.2, 0) is 6.54 Å². The smallest absolute Gasteiger partial charge is 0.105 e. The van der Waals surface area contributed by atoms with Crippen molar-refractivity contribution in [2.45, 2.75) is 32.4 Å². The molecule has 2 heterocycles. The maximum absolute atomic E-state index is 4.25. The van der Waals surface area contributed by atoms with Gasteiger partial charge in [-0.3, -0.25) is 0 Å². The third kappa shape index (κ3) is 3.64. The van der Waals surface area contributed by atoms with Gasteiger partial charge in [0.2, 0.25) is 0 Å². The Balaban J connectivity index is 1.38. The van der Waals surface area contributed by atoms with Crippen molar-refractivity contribution in [1.82, 2.24) is 14.9 Å². The number of nitrogens with zero attached hydrogens (tertiary/aromatic N) is 3. The Morgan fingerprint density at radius 3 is 2.90 bits per heavy atom. The Bertz CT molecular complexity index is 549. The molecule has 1 atom stereocenters. The lowest BCUT2D eigenvalue weighted by atomic mass is 10.2. The number of aromatic nitrogens is 2. The Hall–Kier alpha value is -1.81. The fourth-order valence-corrected chi connectivity index (χ4v) is 3.00. The van der Waals surface area contributed by atoms with Gasteiger partial charge in [-0.1, -0.05) is 18.2 Å². The topological polar surface area (TPSA) is 33.1 Å². The normalized spacial score (nSPS) is 18.3. The van der Waals surface area contributed by atoms with Gasteiger partial charge in [-0.15, -0.1) is 0 Å². The van der Waals surface area contributed by atoms with Gasteiger partial charge in [0.15, 0.2) is 0 Å². The first kappa shape index (κ1) is 14.1.